The van der Waals surface area contributed by atoms with Crippen LogP contribution in [0.3, 0.4) is 0 Å². The first kappa shape index (κ1) is 33.6. The van der Waals surface area contributed by atoms with Crippen LogP contribution in [0.4, 0.5) is 83.4 Å². The Morgan fingerprint density at radius 3 is 1.20 bits per heavy atom. The van der Waals surface area contributed by atoms with Crippen molar-refractivity contribution in [2.75, 3.05) is 6.54 Å². The predicted octanol–water partition coefficient (Wildman–Crippen LogP) is 7.06. The molecule has 0 radical (unpaired) electrons. The fourth-order valence-electron chi connectivity index (χ4n) is 2.16. The number of rotatable bonds is 13. The summed E-state index contributed by atoms with van der Waals surface area (Å²) in [6.07, 6.45) is -21.3. The van der Waals surface area contributed by atoms with Crippen LogP contribution in [0.25, 0.3) is 0 Å². The Labute approximate surface area is 183 Å². The van der Waals surface area contributed by atoms with E-state index in [0.717, 1.165) is 0 Å². The molecule has 0 amide bonds. The first-order chi connectivity index (χ1) is 15.1. The fraction of sp³-hybridized carbons (Fsp3) is 1.00. The van der Waals surface area contributed by atoms with Crippen molar-refractivity contribution >= 4 is 0 Å². The lowest BCUT2D eigenvalue weighted by molar-refractivity contribution is -0.454. The number of halogens is 19. The molecule has 0 rings (SSSR count). The van der Waals surface area contributed by atoms with Crippen LogP contribution < -0.4 is 5.32 Å². The summed E-state index contributed by atoms with van der Waals surface area (Å²) in [6.45, 7) is -1.87. The van der Waals surface area contributed by atoms with Gasteiger partial charge in [-0.3, -0.25) is 0 Å². The van der Waals surface area contributed by atoms with Crippen molar-refractivity contribution in [3.8, 4) is 0 Å². The van der Waals surface area contributed by atoms with E-state index in [0.29, 0.717) is 6.92 Å². The Kier molecular flexibility index (Phi) is 9.78. The molecule has 20 heteroatoms. The van der Waals surface area contributed by atoms with E-state index in [9.17, 15) is 83.4 Å². The van der Waals surface area contributed by atoms with E-state index in [4.69, 9.17) is 0 Å². The highest BCUT2D eigenvalue weighted by Gasteiger charge is 2.93. The molecule has 4 atom stereocenters. The third-order valence-corrected chi connectivity index (χ3v) is 4.46. The molecule has 0 aromatic carbocycles. The third kappa shape index (κ3) is 5.97. The maximum absolute atomic E-state index is 13.5. The molecule has 4 unspecified atom stereocenters. The van der Waals surface area contributed by atoms with Gasteiger partial charge in [0.05, 0.1) is 0 Å². The van der Waals surface area contributed by atoms with Crippen molar-refractivity contribution < 1.29 is 83.4 Å². The van der Waals surface area contributed by atoms with Crippen LogP contribution >= 0.6 is 0 Å². The molecule has 0 aromatic heterocycles. The van der Waals surface area contributed by atoms with E-state index in [1.807, 2.05) is 0 Å². The second-order valence-electron chi connectivity index (χ2n) is 7.13. The van der Waals surface area contributed by atoms with Crippen LogP contribution in [0.2, 0.25) is 0 Å². The third-order valence-electron chi connectivity index (χ3n) is 4.46. The normalized spacial score (nSPS) is 18.9. The monoisotopic (exact) mass is 569 g/mol. The Hall–Kier alpha value is -1.37. The quantitative estimate of drug-likeness (QED) is 0.185. The van der Waals surface area contributed by atoms with Crippen molar-refractivity contribution in [3.05, 3.63) is 0 Å². The van der Waals surface area contributed by atoms with Gasteiger partial charge < -0.3 is 0 Å². The zero-order valence-corrected chi connectivity index (χ0v) is 16.6. The van der Waals surface area contributed by atoms with E-state index in [2.05, 4.69) is 0 Å². The minimum absolute atomic E-state index is 0.245. The molecule has 1 nitrogen and oxygen atoms in total. The van der Waals surface area contributed by atoms with Gasteiger partial charge in [-0.1, -0.05) is 0 Å². The second kappa shape index (κ2) is 10.2. The highest BCUT2D eigenvalue weighted by Crippen LogP contribution is 2.62. The lowest BCUT2D eigenvalue weighted by Crippen LogP contribution is -2.74. The summed E-state index contributed by atoms with van der Waals surface area (Å²) < 4.78 is 247. The van der Waals surface area contributed by atoms with Gasteiger partial charge in [-0.05, 0) is 19.8 Å². The Morgan fingerprint density at radius 1 is 0.486 bits per heavy atom. The van der Waals surface area contributed by atoms with Crippen LogP contribution in [-0.2, 0) is 0 Å². The van der Waals surface area contributed by atoms with E-state index in [-0.39, 0.29) is 5.32 Å². The summed E-state index contributed by atoms with van der Waals surface area (Å²) in [4.78, 5) is 0. The molecular formula is C15H14F19N. The maximum Gasteiger partial charge on any atom is 0.460 e. The summed E-state index contributed by atoms with van der Waals surface area (Å²) in [6, 6.07) is -6.95. The lowest BCUT2D eigenvalue weighted by Gasteiger charge is -2.41. The van der Waals surface area contributed by atoms with E-state index in [1.54, 1.807) is 0 Å². The molecule has 35 heavy (non-hydrogen) atoms. The molecule has 0 heterocycles. The number of alkyl halides is 19. The zero-order valence-electron chi connectivity index (χ0n) is 16.6. The number of hydrogen-bond acceptors (Lipinski definition) is 1. The molecule has 0 saturated heterocycles. The molecule has 0 spiro atoms. The van der Waals surface area contributed by atoms with Crippen molar-refractivity contribution in [1.29, 1.82) is 0 Å². The van der Waals surface area contributed by atoms with Gasteiger partial charge in [0.1, 0.15) is 24.7 Å². The van der Waals surface area contributed by atoms with Crippen molar-refractivity contribution in [2.45, 2.75) is 86.3 Å². The maximum atomic E-state index is 13.5. The standard InChI is InChI=1S/C15H14F19N/c1-5(16)6(17)2-3-7(18)8(19)4-35-15(33,34)13(28,29)11(24,25)9(20,21)10(22,23)12(26,27)14(30,31)32/h5-8,35H,2-4H2,1H3. The Bertz CT molecular complexity index is 684. The van der Waals surface area contributed by atoms with Gasteiger partial charge in [0, 0.05) is 6.54 Å². The van der Waals surface area contributed by atoms with Gasteiger partial charge in [0.15, 0.2) is 0 Å². The second-order valence-corrected chi connectivity index (χ2v) is 7.13. The molecule has 0 aliphatic heterocycles. The van der Waals surface area contributed by atoms with Gasteiger partial charge in [-0.15, -0.1) is 0 Å². The van der Waals surface area contributed by atoms with Crippen molar-refractivity contribution in [2.24, 2.45) is 0 Å². The highest BCUT2D eigenvalue weighted by molar-refractivity contribution is 5.12. The molecule has 0 bridgehead atoms. The number of nitrogens with one attached hydrogen (secondary N) is 1. The summed E-state index contributed by atoms with van der Waals surface area (Å²) >= 11 is 0. The summed E-state index contributed by atoms with van der Waals surface area (Å²) in [7, 11) is 0. The van der Waals surface area contributed by atoms with Crippen LogP contribution in [-0.4, -0.2) is 73.1 Å². The fourth-order valence-corrected chi connectivity index (χ4v) is 2.16. The predicted molar refractivity (Wildman–Crippen MR) is 78.2 cm³/mol. The van der Waals surface area contributed by atoms with Gasteiger partial charge in [-0.2, -0.15) is 65.9 Å². The molecule has 212 valence electrons. The van der Waals surface area contributed by atoms with E-state index < -0.39 is 85.9 Å². The van der Waals surface area contributed by atoms with Gasteiger partial charge in [0.25, 0.3) is 0 Å². The summed E-state index contributed by atoms with van der Waals surface area (Å²) in [5.74, 6) is -41.4. The van der Waals surface area contributed by atoms with Crippen LogP contribution in [0.1, 0.15) is 19.8 Å². The topological polar surface area (TPSA) is 12.0 Å². The molecule has 0 saturated carbocycles. The van der Waals surface area contributed by atoms with Crippen molar-refractivity contribution in [3.63, 3.8) is 0 Å². The van der Waals surface area contributed by atoms with Gasteiger partial charge >= 0.3 is 41.8 Å². The minimum Gasteiger partial charge on any atom is -0.250 e. The average Bonchev–Trinajstić information content (AvgIpc) is 2.67. The smallest absolute Gasteiger partial charge is 0.250 e. The zero-order chi connectivity index (χ0) is 28.6. The Morgan fingerprint density at radius 2 is 0.829 bits per heavy atom. The van der Waals surface area contributed by atoms with E-state index in [1.165, 1.54) is 0 Å². The molecule has 0 aromatic rings. The SMILES string of the molecule is CC(F)C(F)CCC(F)C(F)CNC(F)(F)C(F)(F)C(F)(F)C(F)(F)C(F)(F)C(F)(F)C(F)(F)F. The molecule has 1 N–H and O–H groups in total. The summed E-state index contributed by atoms with van der Waals surface area (Å²) in [5, 5.41) is -0.245. The van der Waals surface area contributed by atoms with Gasteiger partial charge in [0.2, 0.25) is 0 Å². The minimum atomic E-state index is -8.51. The first-order valence-corrected chi connectivity index (χ1v) is 8.78. The average molecular weight is 569 g/mol. The molecular weight excluding hydrogens is 555 g/mol. The van der Waals surface area contributed by atoms with Crippen LogP contribution in [0.5, 0.6) is 0 Å². The lowest BCUT2D eigenvalue weighted by atomic mass is 9.93. The van der Waals surface area contributed by atoms with Crippen LogP contribution in [0, 0.1) is 0 Å². The molecule has 0 aliphatic rings. The first-order valence-electron chi connectivity index (χ1n) is 8.78. The molecule has 0 aliphatic carbocycles. The number of hydrogen-bond donors (Lipinski definition) is 1. The van der Waals surface area contributed by atoms with E-state index >= 15 is 0 Å². The molecule has 0 fully saturated rings. The Balaban J connectivity index is 5.83. The largest absolute Gasteiger partial charge is 0.460 e. The van der Waals surface area contributed by atoms with Crippen LogP contribution in [0.15, 0.2) is 0 Å². The van der Waals surface area contributed by atoms with Gasteiger partial charge in [-0.25, -0.2) is 22.9 Å². The highest BCUT2D eigenvalue weighted by atomic mass is 19.4. The summed E-state index contributed by atoms with van der Waals surface area (Å²) in [5.41, 5.74) is 0. The van der Waals surface area contributed by atoms with Crippen molar-refractivity contribution in [1.82, 2.24) is 5.32 Å².